The summed E-state index contributed by atoms with van der Waals surface area (Å²) in [5, 5.41) is 18.6. The third-order valence-electron chi connectivity index (χ3n) is 3.64. The zero-order valence-corrected chi connectivity index (χ0v) is 12.3. The summed E-state index contributed by atoms with van der Waals surface area (Å²) in [7, 11) is 3.11. The SMILES string of the molecule is COCC(O)CN(C)C(=O)N1CCC(C(=O)O)CC1C. The zero-order chi connectivity index (χ0) is 15.3. The highest BCUT2D eigenvalue weighted by atomic mass is 16.5. The van der Waals surface area contributed by atoms with Crippen LogP contribution in [0.4, 0.5) is 4.79 Å². The van der Waals surface area contributed by atoms with Gasteiger partial charge in [0.05, 0.1) is 25.2 Å². The van der Waals surface area contributed by atoms with E-state index < -0.39 is 12.1 Å². The number of likely N-dealkylation sites (N-methyl/N-ethyl adjacent to an activating group) is 1. The number of piperidine rings is 1. The smallest absolute Gasteiger partial charge is 0.320 e. The quantitative estimate of drug-likeness (QED) is 0.756. The van der Waals surface area contributed by atoms with Crippen LogP contribution in [0.25, 0.3) is 0 Å². The molecular weight excluding hydrogens is 264 g/mol. The van der Waals surface area contributed by atoms with Gasteiger partial charge in [0.2, 0.25) is 0 Å². The molecule has 2 amide bonds. The Balaban J connectivity index is 2.53. The maximum absolute atomic E-state index is 12.3. The second kappa shape index (κ2) is 7.44. The lowest BCUT2D eigenvalue weighted by molar-refractivity contribution is -0.143. The maximum atomic E-state index is 12.3. The van der Waals surface area contributed by atoms with Crippen molar-refractivity contribution in [3.05, 3.63) is 0 Å². The second-order valence-electron chi connectivity index (χ2n) is 5.37. The average molecular weight is 288 g/mol. The number of nitrogens with zero attached hydrogens (tertiary/aromatic N) is 2. The number of carboxylic acid groups (broad SMARTS) is 1. The Morgan fingerprint density at radius 1 is 1.50 bits per heavy atom. The predicted octanol–water partition coefficient (Wildman–Crippen LogP) is 0.231. The fourth-order valence-electron chi connectivity index (χ4n) is 2.54. The molecule has 0 saturated carbocycles. The molecule has 2 N–H and O–H groups in total. The van der Waals surface area contributed by atoms with Crippen LogP contribution in [0.2, 0.25) is 0 Å². The topological polar surface area (TPSA) is 90.3 Å². The molecule has 1 heterocycles. The molecule has 3 unspecified atom stereocenters. The van der Waals surface area contributed by atoms with Crippen molar-refractivity contribution in [1.29, 1.82) is 0 Å². The van der Waals surface area contributed by atoms with Crippen LogP contribution >= 0.6 is 0 Å². The number of ether oxygens (including phenoxy) is 1. The van der Waals surface area contributed by atoms with Gasteiger partial charge < -0.3 is 24.7 Å². The zero-order valence-electron chi connectivity index (χ0n) is 12.3. The summed E-state index contributed by atoms with van der Waals surface area (Å²) in [6.45, 7) is 2.65. The Morgan fingerprint density at radius 2 is 2.15 bits per heavy atom. The Morgan fingerprint density at radius 3 is 2.65 bits per heavy atom. The molecule has 0 aliphatic carbocycles. The van der Waals surface area contributed by atoms with Crippen LogP contribution in [0, 0.1) is 5.92 Å². The Hall–Kier alpha value is -1.34. The molecule has 1 saturated heterocycles. The minimum atomic E-state index is -0.798. The van der Waals surface area contributed by atoms with Crippen LogP contribution in [0.3, 0.4) is 0 Å². The number of hydrogen-bond acceptors (Lipinski definition) is 4. The number of carbonyl (C=O) groups excluding carboxylic acids is 1. The van der Waals surface area contributed by atoms with E-state index in [2.05, 4.69) is 0 Å². The summed E-state index contributed by atoms with van der Waals surface area (Å²) < 4.78 is 4.82. The van der Waals surface area contributed by atoms with E-state index in [0.717, 1.165) is 0 Å². The molecular formula is C13H24N2O5. The molecule has 1 aliphatic heterocycles. The van der Waals surface area contributed by atoms with Gasteiger partial charge in [-0.3, -0.25) is 4.79 Å². The van der Waals surface area contributed by atoms with Crippen LogP contribution in [0.1, 0.15) is 19.8 Å². The van der Waals surface area contributed by atoms with Gasteiger partial charge in [-0.25, -0.2) is 4.79 Å². The molecule has 0 aromatic rings. The summed E-state index contributed by atoms with van der Waals surface area (Å²) in [5.74, 6) is -1.17. The Kier molecular flexibility index (Phi) is 6.22. The van der Waals surface area contributed by atoms with Crippen LogP contribution < -0.4 is 0 Å². The van der Waals surface area contributed by atoms with E-state index in [4.69, 9.17) is 9.84 Å². The van der Waals surface area contributed by atoms with Gasteiger partial charge in [0.15, 0.2) is 0 Å². The highest BCUT2D eigenvalue weighted by molar-refractivity contribution is 5.75. The monoisotopic (exact) mass is 288 g/mol. The lowest BCUT2D eigenvalue weighted by Gasteiger charge is -2.38. The second-order valence-corrected chi connectivity index (χ2v) is 5.37. The van der Waals surface area contributed by atoms with Crippen molar-refractivity contribution >= 4 is 12.0 Å². The summed E-state index contributed by atoms with van der Waals surface area (Å²) in [6, 6.07) is -0.296. The molecule has 7 nitrogen and oxygen atoms in total. The number of urea groups is 1. The van der Waals surface area contributed by atoms with Gasteiger partial charge in [0, 0.05) is 26.7 Å². The molecule has 0 radical (unpaired) electrons. The number of amides is 2. The highest BCUT2D eigenvalue weighted by Gasteiger charge is 2.33. The van der Waals surface area contributed by atoms with E-state index in [1.54, 1.807) is 11.9 Å². The minimum Gasteiger partial charge on any atom is -0.481 e. The van der Waals surface area contributed by atoms with Crippen molar-refractivity contribution in [2.45, 2.75) is 31.9 Å². The Labute approximate surface area is 119 Å². The normalized spacial score (nSPS) is 24.3. The van der Waals surface area contributed by atoms with E-state index in [-0.39, 0.29) is 31.1 Å². The van der Waals surface area contributed by atoms with Gasteiger partial charge >= 0.3 is 12.0 Å². The van der Waals surface area contributed by atoms with Crippen LogP contribution in [-0.4, -0.2) is 78.0 Å². The van der Waals surface area contributed by atoms with Crippen molar-refractivity contribution < 1.29 is 24.5 Å². The van der Waals surface area contributed by atoms with Gasteiger partial charge in [0.1, 0.15) is 0 Å². The van der Waals surface area contributed by atoms with E-state index >= 15 is 0 Å². The minimum absolute atomic E-state index is 0.112. The van der Waals surface area contributed by atoms with Crippen molar-refractivity contribution in [3.63, 3.8) is 0 Å². The largest absolute Gasteiger partial charge is 0.481 e. The van der Waals surface area contributed by atoms with Crippen LogP contribution in [0.5, 0.6) is 0 Å². The number of rotatable bonds is 5. The standard InChI is InChI=1S/C13H24N2O5/c1-9-6-10(12(17)18)4-5-15(9)13(19)14(2)7-11(16)8-20-3/h9-11,16H,4-8H2,1-3H3,(H,17,18). The van der Waals surface area contributed by atoms with Gasteiger partial charge in [-0.1, -0.05) is 0 Å². The summed E-state index contributed by atoms with van der Waals surface area (Å²) in [5.41, 5.74) is 0. The third-order valence-corrected chi connectivity index (χ3v) is 3.64. The van der Waals surface area contributed by atoms with E-state index in [1.807, 2.05) is 6.92 Å². The average Bonchev–Trinajstić information content (AvgIpc) is 2.37. The van der Waals surface area contributed by atoms with E-state index in [0.29, 0.717) is 19.4 Å². The lowest BCUT2D eigenvalue weighted by atomic mass is 9.92. The lowest BCUT2D eigenvalue weighted by Crippen LogP contribution is -2.52. The molecule has 1 aliphatic rings. The first kappa shape index (κ1) is 16.7. The number of aliphatic hydroxyl groups excluding tert-OH is 1. The highest BCUT2D eigenvalue weighted by Crippen LogP contribution is 2.23. The van der Waals surface area contributed by atoms with Gasteiger partial charge in [-0.05, 0) is 19.8 Å². The molecule has 0 aromatic carbocycles. The third kappa shape index (κ3) is 4.35. The molecule has 0 bridgehead atoms. The molecule has 1 fully saturated rings. The maximum Gasteiger partial charge on any atom is 0.320 e. The summed E-state index contributed by atoms with van der Waals surface area (Å²) in [6.07, 6.45) is 0.218. The van der Waals surface area contributed by atoms with Crippen molar-refractivity contribution in [2.75, 3.05) is 33.9 Å². The molecule has 0 spiro atoms. The number of likely N-dealkylation sites (tertiary alicyclic amines) is 1. The van der Waals surface area contributed by atoms with Crippen molar-refractivity contribution in [1.82, 2.24) is 9.80 Å². The number of aliphatic carboxylic acids is 1. The summed E-state index contributed by atoms with van der Waals surface area (Å²) >= 11 is 0. The predicted molar refractivity (Wildman–Crippen MR) is 72.4 cm³/mol. The summed E-state index contributed by atoms with van der Waals surface area (Å²) in [4.78, 5) is 26.4. The number of methoxy groups -OCH3 is 1. The first-order chi connectivity index (χ1) is 9.36. The van der Waals surface area contributed by atoms with Crippen LogP contribution in [0.15, 0.2) is 0 Å². The Bertz CT molecular complexity index is 350. The van der Waals surface area contributed by atoms with Gasteiger partial charge in [-0.2, -0.15) is 0 Å². The van der Waals surface area contributed by atoms with Gasteiger partial charge in [-0.15, -0.1) is 0 Å². The fourth-order valence-corrected chi connectivity index (χ4v) is 2.54. The molecule has 0 aromatic heterocycles. The van der Waals surface area contributed by atoms with Crippen molar-refractivity contribution in [3.8, 4) is 0 Å². The number of aliphatic hydroxyl groups is 1. The molecule has 20 heavy (non-hydrogen) atoms. The number of carbonyl (C=O) groups is 2. The molecule has 116 valence electrons. The van der Waals surface area contributed by atoms with E-state index in [1.165, 1.54) is 12.0 Å². The number of carboxylic acids is 1. The molecule has 7 heteroatoms. The molecule has 1 rings (SSSR count). The van der Waals surface area contributed by atoms with Gasteiger partial charge in [0.25, 0.3) is 0 Å². The first-order valence-electron chi connectivity index (χ1n) is 6.78. The number of hydrogen-bond donors (Lipinski definition) is 2. The van der Waals surface area contributed by atoms with E-state index in [9.17, 15) is 14.7 Å². The fraction of sp³-hybridized carbons (Fsp3) is 0.846. The van der Waals surface area contributed by atoms with Crippen molar-refractivity contribution in [2.24, 2.45) is 5.92 Å². The van der Waals surface area contributed by atoms with Crippen LogP contribution in [-0.2, 0) is 9.53 Å². The molecule has 3 atom stereocenters. The first-order valence-corrected chi connectivity index (χ1v) is 6.78.